The van der Waals surface area contributed by atoms with Gasteiger partial charge in [0.1, 0.15) is 11.1 Å². The molecule has 2 rings (SSSR count). The number of ether oxygens (including phenoxy) is 1. The third-order valence-electron chi connectivity index (χ3n) is 3.30. The van der Waals surface area contributed by atoms with Crippen LogP contribution < -0.4 is 5.32 Å². The van der Waals surface area contributed by atoms with Crippen molar-refractivity contribution in [2.75, 3.05) is 38.2 Å². The van der Waals surface area contributed by atoms with E-state index in [1.807, 2.05) is 4.90 Å². The number of rotatable bonds is 4. The molecular formula is C14H17N3O3S. The van der Waals surface area contributed by atoms with E-state index in [0.717, 1.165) is 24.4 Å². The van der Waals surface area contributed by atoms with Crippen LogP contribution in [0.1, 0.15) is 27.7 Å². The summed E-state index contributed by atoms with van der Waals surface area (Å²) in [7, 11) is 0. The molecule has 21 heavy (non-hydrogen) atoms. The van der Waals surface area contributed by atoms with Gasteiger partial charge in [-0.15, -0.1) is 11.3 Å². The van der Waals surface area contributed by atoms with Crippen molar-refractivity contribution in [2.24, 2.45) is 0 Å². The van der Waals surface area contributed by atoms with Gasteiger partial charge in [-0.05, 0) is 19.4 Å². The van der Waals surface area contributed by atoms with Crippen LogP contribution in [0.5, 0.6) is 0 Å². The Morgan fingerprint density at radius 2 is 2.10 bits per heavy atom. The predicted octanol–water partition coefficient (Wildman–Crippen LogP) is 1.40. The molecule has 1 aliphatic rings. The molecule has 1 aliphatic heterocycles. The van der Waals surface area contributed by atoms with Crippen LogP contribution in [0.15, 0.2) is 0 Å². The minimum Gasteiger partial charge on any atom is -0.379 e. The number of ketones is 1. The van der Waals surface area contributed by atoms with Gasteiger partial charge in [-0.3, -0.25) is 14.5 Å². The Morgan fingerprint density at radius 3 is 2.67 bits per heavy atom. The highest BCUT2D eigenvalue weighted by Gasteiger charge is 2.20. The van der Waals surface area contributed by atoms with Gasteiger partial charge in [0.05, 0.1) is 30.2 Å². The van der Waals surface area contributed by atoms with Crippen molar-refractivity contribution >= 4 is 28.0 Å². The van der Waals surface area contributed by atoms with Crippen LogP contribution in [0.25, 0.3) is 0 Å². The number of nitriles is 1. The van der Waals surface area contributed by atoms with E-state index in [2.05, 4.69) is 11.4 Å². The van der Waals surface area contributed by atoms with Gasteiger partial charge in [0.2, 0.25) is 5.91 Å². The molecule has 0 atom stereocenters. The SMILES string of the molecule is CC(=O)c1sc(NC(=O)CN2CCOCC2)c(C#N)c1C. The van der Waals surface area contributed by atoms with Crippen molar-refractivity contribution in [1.82, 2.24) is 4.90 Å². The Bertz CT molecular complexity index is 597. The minimum absolute atomic E-state index is 0.0947. The molecule has 0 radical (unpaired) electrons. The number of hydrogen-bond donors (Lipinski definition) is 1. The van der Waals surface area contributed by atoms with Crippen LogP contribution in [-0.2, 0) is 9.53 Å². The smallest absolute Gasteiger partial charge is 0.239 e. The molecule has 7 heteroatoms. The Kier molecular flexibility index (Phi) is 5.07. The minimum atomic E-state index is -0.176. The van der Waals surface area contributed by atoms with Crippen LogP contribution in [0.4, 0.5) is 5.00 Å². The molecule has 0 unspecified atom stereocenters. The number of Topliss-reactive ketones (excluding diaryl/α,β-unsaturated/α-hetero) is 1. The van der Waals surface area contributed by atoms with Crippen LogP contribution in [0.2, 0.25) is 0 Å². The Morgan fingerprint density at radius 1 is 1.43 bits per heavy atom. The summed E-state index contributed by atoms with van der Waals surface area (Å²) in [6.45, 7) is 6.15. The fourth-order valence-corrected chi connectivity index (χ4v) is 3.27. The maximum absolute atomic E-state index is 12.1. The zero-order valence-corrected chi connectivity index (χ0v) is 12.9. The molecule has 1 amide bonds. The summed E-state index contributed by atoms with van der Waals surface area (Å²) in [5.41, 5.74) is 1.01. The second-order valence-corrected chi connectivity index (χ2v) is 5.89. The van der Waals surface area contributed by atoms with E-state index in [-0.39, 0.29) is 18.2 Å². The second kappa shape index (κ2) is 6.80. The lowest BCUT2D eigenvalue weighted by atomic mass is 10.1. The number of morpholine rings is 1. The van der Waals surface area contributed by atoms with Crippen molar-refractivity contribution in [3.05, 3.63) is 16.0 Å². The number of carbonyl (C=O) groups is 2. The summed E-state index contributed by atoms with van der Waals surface area (Å²) in [6.07, 6.45) is 0. The lowest BCUT2D eigenvalue weighted by Gasteiger charge is -2.25. The van der Waals surface area contributed by atoms with Crippen LogP contribution in [0, 0.1) is 18.3 Å². The van der Waals surface area contributed by atoms with Gasteiger partial charge >= 0.3 is 0 Å². The molecule has 0 aromatic carbocycles. The topological polar surface area (TPSA) is 82.4 Å². The van der Waals surface area contributed by atoms with Gasteiger partial charge in [0.25, 0.3) is 0 Å². The van der Waals surface area contributed by atoms with Crippen LogP contribution in [0.3, 0.4) is 0 Å². The summed E-state index contributed by atoms with van der Waals surface area (Å²) in [6, 6.07) is 2.06. The van der Waals surface area contributed by atoms with Crippen molar-refractivity contribution in [2.45, 2.75) is 13.8 Å². The monoisotopic (exact) mass is 307 g/mol. The molecule has 6 nitrogen and oxygen atoms in total. The number of carbonyl (C=O) groups excluding carboxylic acids is 2. The van der Waals surface area contributed by atoms with E-state index in [0.29, 0.717) is 34.2 Å². The Hall–Kier alpha value is -1.75. The lowest BCUT2D eigenvalue weighted by Crippen LogP contribution is -2.41. The van der Waals surface area contributed by atoms with Gasteiger partial charge in [-0.25, -0.2) is 0 Å². The highest BCUT2D eigenvalue weighted by atomic mass is 32.1. The Labute approximate surface area is 127 Å². The first-order valence-corrected chi connectivity index (χ1v) is 7.49. The molecule has 0 aliphatic carbocycles. The lowest BCUT2D eigenvalue weighted by molar-refractivity contribution is -0.118. The molecular weight excluding hydrogens is 290 g/mol. The number of hydrogen-bond acceptors (Lipinski definition) is 6. The molecule has 1 aromatic rings. The highest BCUT2D eigenvalue weighted by Crippen LogP contribution is 2.32. The average Bonchev–Trinajstić information content (AvgIpc) is 2.76. The number of thiophene rings is 1. The highest BCUT2D eigenvalue weighted by molar-refractivity contribution is 7.18. The fourth-order valence-electron chi connectivity index (χ4n) is 2.20. The molecule has 1 N–H and O–H groups in total. The third-order valence-corrected chi connectivity index (χ3v) is 4.61. The van der Waals surface area contributed by atoms with Crippen LogP contribution in [-0.4, -0.2) is 49.4 Å². The van der Waals surface area contributed by atoms with Crippen molar-refractivity contribution < 1.29 is 14.3 Å². The molecule has 1 saturated heterocycles. The van der Waals surface area contributed by atoms with Crippen molar-refractivity contribution in [3.63, 3.8) is 0 Å². The maximum atomic E-state index is 12.1. The van der Waals surface area contributed by atoms with Crippen LogP contribution >= 0.6 is 11.3 Å². The first-order chi connectivity index (χ1) is 10.0. The first kappa shape index (κ1) is 15.6. The largest absolute Gasteiger partial charge is 0.379 e. The average molecular weight is 307 g/mol. The van der Waals surface area contributed by atoms with E-state index >= 15 is 0 Å². The summed E-state index contributed by atoms with van der Waals surface area (Å²) in [4.78, 5) is 26.1. The summed E-state index contributed by atoms with van der Waals surface area (Å²) in [5, 5.41) is 12.4. The predicted molar refractivity (Wildman–Crippen MR) is 79.7 cm³/mol. The van der Waals surface area contributed by atoms with E-state index in [4.69, 9.17) is 4.74 Å². The summed E-state index contributed by atoms with van der Waals surface area (Å²) >= 11 is 1.16. The third kappa shape index (κ3) is 3.67. The molecule has 112 valence electrons. The quantitative estimate of drug-likeness (QED) is 0.850. The second-order valence-electron chi connectivity index (χ2n) is 4.86. The van der Waals surface area contributed by atoms with E-state index in [9.17, 15) is 14.9 Å². The molecule has 1 aromatic heterocycles. The van der Waals surface area contributed by atoms with E-state index < -0.39 is 0 Å². The van der Waals surface area contributed by atoms with Gasteiger partial charge in [-0.2, -0.15) is 5.26 Å². The van der Waals surface area contributed by atoms with Crippen molar-refractivity contribution in [3.8, 4) is 6.07 Å². The normalized spacial score (nSPS) is 15.5. The van der Waals surface area contributed by atoms with Gasteiger partial charge in [0.15, 0.2) is 5.78 Å². The van der Waals surface area contributed by atoms with Gasteiger partial charge in [-0.1, -0.05) is 0 Å². The number of amides is 1. The summed E-state index contributed by atoms with van der Waals surface area (Å²) < 4.78 is 5.23. The molecule has 0 spiro atoms. The zero-order valence-electron chi connectivity index (χ0n) is 12.1. The van der Waals surface area contributed by atoms with Crippen molar-refractivity contribution in [1.29, 1.82) is 5.26 Å². The maximum Gasteiger partial charge on any atom is 0.239 e. The zero-order chi connectivity index (χ0) is 15.4. The molecule has 0 saturated carbocycles. The number of nitrogens with zero attached hydrogens (tertiary/aromatic N) is 2. The molecule has 0 bridgehead atoms. The molecule has 2 heterocycles. The number of anilines is 1. The van der Waals surface area contributed by atoms with E-state index in [1.165, 1.54) is 6.92 Å². The van der Waals surface area contributed by atoms with E-state index in [1.54, 1.807) is 6.92 Å². The standard InChI is InChI=1S/C14H17N3O3S/c1-9-11(7-15)14(21-13(9)10(2)18)16-12(19)8-17-3-5-20-6-4-17/h3-6,8H2,1-2H3,(H,16,19). The van der Waals surface area contributed by atoms with Gasteiger partial charge in [0, 0.05) is 13.1 Å². The number of nitrogens with one attached hydrogen (secondary N) is 1. The summed E-state index contributed by atoms with van der Waals surface area (Å²) in [5.74, 6) is -0.271. The first-order valence-electron chi connectivity index (χ1n) is 6.67. The fraction of sp³-hybridized carbons (Fsp3) is 0.500. The molecule has 1 fully saturated rings. The Balaban J connectivity index is 2.08. The van der Waals surface area contributed by atoms with Gasteiger partial charge < -0.3 is 10.1 Å².